The molecule has 0 saturated carbocycles. The van der Waals surface area contributed by atoms with Gasteiger partial charge in [0, 0.05) is 10.0 Å². The van der Waals surface area contributed by atoms with E-state index in [9.17, 15) is 9.90 Å². The molecular weight excluding hydrogens is 358 g/mol. The Morgan fingerprint density at radius 3 is 2.61 bits per heavy atom. The molecule has 3 aromatic rings. The van der Waals surface area contributed by atoms with Gasteiger partial charge in [-0.05, 0) is 24.6 Å². The number of nitrogens with zero attached hydrogens (tertiary/aromatic N) is 3. The molecule has 1 heterocycles. The second-order valence-corrected chi connectivity index (χ2v) is 6.16. The van der Waals surface area contributed by atoms with E-state index in [0.717, 1.165) is 21.2 Å². The largest absolute Gasteiger partial charge is 0.476 e. The molecule has 0 aliphatic carbocycles. The Morgan fingerprint density at radius 2 is 1.96 bits per heavy atom. The second kappa shape index (κ2) is 6.34. The topological polar surface area (TPSA) is 68.0 Å². The molecule has 23 heavy (non-hydrogen) atoms. The Morgan fingerprint density at radius 1 is 1.22 bits per heavy atom. The highest BCUT2D eigenvalue weighted by Gasteiger charge is 2.20. The van der Waals surface area contributed by atoms with Gasteiger partial charge in [-0.25, -0.2) is 9.48 Å². The van der Waals surface area contributed by atoms with Crippen LogP contribution in [0.1, 0.15) is 21.6 Å². The van der Waals surface area contributed by atoms with Crippen LogP contribution in [0.5, 0.6) is 0 Å². The van der Waals surface area contributed by atoms with Crippen LogP contribution in [0.25, 0.3) is 11.3 Å². The Balaban J connectivity index is 2.07. The first-order chi connectivity index (χ1) is 11.0. The maximum atomic E-state index is 11.5. The molecule has 3 rings (SSSR count). The number of aromatic carboxylic acids is 1. The summed E-state index contributed by atoms with van der Waals surface area (Å²) in [5, 5.41) is 17.2. The molecule has 6 heteroatoms. The van der Waals surface area contributed by atoms with Crippen molar-refractivity contribution in [3.63, 3.8) is 0 Å². The van der Waals surface area contributed by atoms with Gasteiger partial charge < -0.3 is 5.11 Å². The first kappa shape index (κ1) is 15.4. The zero-order valence-electron chi connectivity index (χ0n) is 12.4. The van der Waals surface area contributed by atoms with E-state index in [1.165, 1.54) is 0 Å². The third-order valence-corrected chi connectivity index (χ3v) is 3.98. The lowest BCUT2D eigenvalue weighted by Crippen LogP contribution is -2.06. The third kappa shape index (κ3) is 3.32. The molecule has 0 spiro atoms. The number of halogens is 1. The number of carboxylic acids is 1. The van der Waals surface area contributed by atoms with E-state index < -0.39 is 5.97 Å². The number of benzene rings is 2. The van der Waals surface area contributed by atoms with Crippen LogP contribution in [0.3, 0.4) is 0 Å². The summed E-state index contributed by atoms with van der Waals surface area (Å²) in [6.45, 7) is 2.43. The molecule has 0 atom stereocenters. The Hall–Kier alpha value is -2.47. The van der Waals surface area contributed by atoms with E-state index in [4.69, 9.17) is 0 Å². The molecule has 2 aromatic carbocycles. The Bertz CT molecular complexity index is 857. The summed E-state index contributed by atoms with van der Waals surface area (Å²) in [4.78, 5) is 11.5. The second-order valence-electron chi connectivity index (χ2n) is 5.25. The number of hydrogen-bond acceptors (Lipinski definition) is 3. The van der Waals surface area contributed by atoms with Crippen LogP contribution in [0, 0.1) is 6.92 Å². The summed E-state index contributed by atoms with van der Waals surface area (Å²) in [6.07, 6.45) is 0. The zero-order chi connectivity index (χ0) is 16.4. The minimum absolute atomic E-state index is 0.0381. The van der Waals surface area contributed by atoms with Gasteiger partial charge in [-0.2, -0.15) is 0 Å². The maximum Gasteiger partial charge on any atom is 0.358 e. The fourth-order valence-electron chi connectivity index (χ4n) is 2.37. The number of aryl methyl sites for hydroxylation is 1. The van der Waals surface area contributed by atoms with Crippen molar-refractivity contribution in [2.45, 2.75) is 13.5 Å². The molecule has 1 aromatic heterocycles. The quantitative estimate of drug-likeness (QED) is 0.757. The SMILES string of the molecule is Cc1ccc(-c2c(C(=O)O)nnn2Cc2cccc(Br)c2)cc1. The molecule has 5 nitrogen and oxygen atoms in total. The molecule has 0 aliphatic rings. The lowest BCUT2D eigenvalue weighted by molar-refractivity contribution is 0.0691. The first-order valence-electron chi connectivity index (χ1n) is 7.03. The van der Waals surface area contributed by atoms with Gasteiger partial charge in [-0.3, -0.25) is 0 Å². The highest BCUT2D eigenvalue weighted by molar-refractivity contribution is 9.10. The van der Waals surface area contributed by atoms with Crippen LogP contribution >= 0.6 is 15.9 Å². The molecule has 116 valence electrons. The van der Waals surface area contributed by atoms with Crippen molar-refractivity contribution in [1.29, 1.82) is 0 Å². The smallest absolute Gasteiger partial charge is 0.358 e. The van der Waals surface area contributed by atoms with Gasteiger partial charge in [0.1, 0.15) is 5.69 Å². The molecule has 0 radical (unpaired) electrons. The van der Waals surface area contributed by atoms with Crippen molar-refractivity contribution in [2.24, 2.45) is 0 Å². The summed E-state index contributed by atoms with van der Waals surface area (Å²) in [5.74, 6) is -1.08. The van der Waals surface area contributed by atoms with Crippen LogP contribution in [0.4, 0.5) is 0 Å². The molecule has 0 aliphatic heterocycles. The fourth-order valence-corrected chi connectivity index (χ4v) is 2.82. The van der Waals surface area contributed by atoms with Gasteiger partial charge in [0.15, 0.2) is 5.69 Å². The number of rotatable bonds is 4. The first-order valence-corrected chi connectivity index (χ1v) is 7.82. The Kier molecular flexibility index (Phi) is 4.25. The summed E-state index contributed by atoms with van der Waals surface area (Å²) in [7, 11) is 0. The van der Waals surface area contributed by atoms with E-state index >= 15 is 0 Å². The van der Waals surface area contributed by atoms with E-state index in [0.29, 0.717) is 12.2 Å². The van der Waals surface area contributed by atoms with Gasteiger partial charge in [-0.1, -0.05) is 63.1 Å². The molecular formula is C17H14BrN3O2. The van der Waals surface area contributed by atoms with Crippen molar-refractivity contribution in [2.75, 3.05) is 0 Å². The standard InChI is InChI=1S/C17H14BrN3O2/c1-11-5-7-13(8-6-11)16-15(17(22)23)19-20-21(16)10-12-3-2-4-14(18)9-12/h2-9H,10H2,1H3,(H,22,23). The number of aromatic nitrogens is 3. The van der Waals surface area contributed by atoms with Crippen LogP contribution in [0.2, 0.25) is 0 Å². The van der Waals surface area contributed by atoms with Crippen molar-refractivity contribution in [3.8, 4) is 11.3 Å². The van der Waals surface area contributed by atoms with Gasteiger partial charge in [0.05, 0.1) is 6.54 Å². The van der Waals surface area contributed by atoms with Crippen molar-refractivity contribution < 1.29 is 9.90 Å². The fraction of sp³-hybridized carbons (Fsp3) is 0.118. The minimum Gasteiger partial charge on any atom is -0.476 e. The molecule has 0 amide bonds. The lowest BCUT2D eigenvalue weighted by Gasteiger charge is -2.08. The summed E-state index contributed by atoms with van der Waals surface area (Å²) in [5.41, 5.74) is 3.38. The van der Waals surface area contributed by atoms with E-state index in [1.54, 1.807) is 4.68 Å². The highest BCUT2D eigenvalue weighted by atomic mass is 79.9. The number of hydrogen-bond donors (Lipinski definition) is 1. The Labute approximate surface area is 141 Å². The predicted octanol–water partition coefficient (Wildman–Crippen LogP) is 3.76. The van der Waals surface area contributed by atoms with Crippen LogP contribution in [-0.4, -0.2) is 26.1 Å². The normalized spacial score (nSPS) is 10.7. The van der Waals surface area contributed by atoms with Crippen LogP contribution in [0.15, 0.2) is 53.0 Å². The van der Waals surface area contributed by atoms with Gasteiger partial charge in [0.2, 0.25) is 0 Å². The molecule has 0 unspecified atom stereocenters. The van der Waals surface area contributed by atoms with Crippen molar-refractivity contribution in [3.05, 3.63) is 69.8 Å². The molecule has 0 saturated heterocycles. The molecule has 0 fully saturated rings. The zero-order valence-corrected chi connectivity index (χ0v) is 14.0. The summed E-state index contributed by atoms with van der Waals surface area (Å²) < 4.78 is 2.58. The van der Waals surface area contributed by atoms with Crippen molar-refractivity contribution in [1.82, 2.24) is 15.0 Å². The average Bonchev–Trinajstić information content (AvgIpc) is 2.92. The highest BCUT2D eigenvalue weighted by Crippen LogP contribution is 2.24. The third-order valence-electron chi connectivity index (χ3n) is 3.48. The summed E-state index contributed by atoms with van der Waals surface area (Å²) in [6, 6.07) is 15.5. The molecule has 0 bridgehead atoms. The van der Waals surface area contributed by atoms with Crippen LogP contribution < -0.4 is 0 Å². The van der Waals surface area contributed by atoms with Crippen molar-refractivity contribution >= 4 is 21.9 Å². The van der Waals surface area contributed by atoms with Crippen LogP contribution in [-0.2, 0) is 6.54 Å². The van der Waals surface area contributed by atoms with E-state index in [-0.39, 0.29) is 5.69 Å². The summed E-state index contributed by atoms with van der Waals surface area (Å²) >= 11 is 3.44. The number of carboxylic acid groups (broad SMARTS) is 1. The van der Waals surface area contributed by atoms with E-state index in [1.807, 2.05) is 55.5 Å². The monoisotopic (exact) mass is 371 g/mol. The van der Waals surface area contributed by atoms with Gasteiger partial charge in [0.25, 0.3) is 0 Å². The average molecular weight is 372 g/mol. The van der Waals surface area contributed by atoms with E-state index in [2.05, 4.69) is 26.2 Å². The minimum atomic E-state index is -1.08. The van der Waals surface area contributed by atoms with Gasteiger partial charge in [-0.15, -0.1) is 5.10 Å². The molecule has 1 N–H and O–H groups in total. The predicted molar refractivity (Wildman–Crippen MR) is 90.4 cm³/mol. The lowest BCUT2D eigenvalue weighted by atomic mass is 10.1. The number of carbonyl (C=O) groups is 1. The maximum absolute atomic E-state index is 11.5. The van der Waals surface area contributed by atoms with Gasteiger partial charge >= 0.3 is 5.97 Å².